The van der Waals surface area contributed by atoms with Crippen molar-refractivity contribution in [3.05, 3.63) is 34.9 Å². The lowest BCUT2D eigenvalue weighted by molar-refractivity contribution is -0.139. The van der Waals surface area contributed by atoms with Gasteiger partial charge < -0.3 is 10.1 Å². The monoisotopic (exact) mass is 301 g/mol. The summed E-state index contributed by atoms with van der Waals surface area (Å²) in [5.74, 6) is -0.334. The van der Waals surface area contributed by atoms with Gasteiger partial charge in [-0.1, -0.05) is 43.0 Å². The van der Waals surface area contributed by atoms with Crippen molar-refractivity contribution in [2.24, 2.45) is 0 Å². The summed E-state index contributed by atoms with van der Waals surface area (Å²) in [6, 6.07) is 6.12. The lowest BCUT2D eigenvalue weighted by Crippen LogP contribution is -2.48. The third-order valence-electron chi connectivity index (χ3n) is 4.93. The molecule has 1 aliphatic heterocycles. The highest BCUT2D eigenvalue weighted by Gasteiger charge is 2.53. The van der Waals surface area contributed by atoms with Gasteiger partial charge in [-0.05, 0) is 37.8 Å². The van der Waals surface area contributed by atoms with E-state index in [-0.39, 0.29) is 11.7 Å². The van der Waals surface area contributed by atoms with Crippen LogP contribution in [0.2, 0.25) is 0 Å². The number of hydrogen-bond donors (Lipinski definition) is 1. The second-order valence-corrected chi connectivity index (χ2v) is 6.62. The minimum absolute atomic E-state index is 0.0671. The zero-order valence-corrected chi connectivity index (χ0v) is 13.3. The number of carbonyl (C=O) groups excluding carboxylic acids is 2. The average molecular weight is 301 g/mol. The normalized spacial score (nSPS) is 23.8. The molecule has 4 heteroatoms. The van der Waals surface area contributed by atoms with Gasteiger partial charge in [0.2, 0.25) is 0 Å². The first-order valence-electron chi connectivity index (χ1n) is 8.06. The molecule has 22 heavy (non-hydrogen) atoms. The summed E-state index contributed by atoms with van der Waals surface area (Å²) in [6.07, 6.45) is 3.68. The van der Waals surface area contributed by atoms with Crippen LogP contribution >= 0.6 is 0 Å². The number of carbonyl (C=O) groups is 2. The highest BCUT2D eigenvalue weighted by molar-refractivity contribution is 6.15. The number of benzene rings is 1. The Morgan fingerprint density at radius 1 is 1.18 bits per heavy atom. The number of rotatable bonds is 3. The van der Waals surface area contributed by atoms with Gasteiger partial charge in [0.05, 0.1) is 6.61 Å². The molecule has 1 heterocycles. The quantitative estimate of drug-likeness (QED) is 0.873. The predicted molar refractivity (Wildman–Crippen MR) is 83.5 cm³/mol. The lowest BCUT2D eigenvalue weighted by atomic mass is 9.79. The Hall–Kier alpha value is -1.68. The van der Waals surface area contributed by atoms with Crippen molar-refractivity contribution in [2.45, 2.75) is 64.2 Å². The van der Waals surface area contributed by atoms with E-state index in [0.29, 0.717) is 6.61 Å². The van der Waals surface area contributed by atoms with E-state index in [2.05, 4.69) is 5.32 Å². The van der Waals surface area contributed by atoms with Crippen LogP contribution in [0.3, 0.4) is 0 Å². The van der Waals surface area contributed by atoms with E-state index in [1.807, 2.05) is 32.0 Å². The maximum Gasteiger partial charge on any atom is 0.257 e. The van der Waals surface area contributed by atoms with Crippen LogP contribution in [0.4, 0.5) is 0 Å². The number of Topliss-reactive ketones (excluding diaryl/α,β-unsaturated/α-hetero) is 1. The van der Waals surface area contributed by atoms with Crippen LogP contribution in [0, 0.1) is 13.8 Å². The Morgan fingerprint density at radius 2 is 1.91 bits per heavy atom. The Labute approximate surface area is 131 Å². The molecule has 2 fully saturated rings. The fourth-order valence-electron chi connectivity index (χ4n) is 3.54. The molecule has 2 aliphatic rings. The fourth-order valence-corrected chi connectivity index (χ4v) is 3.54. The summed E-state index contributed by atoms with van der Waals surface area (Å²) in [6.45, 7) is 4.33. The van der Waals surface area contributed by atoms with Crippen molar-refractivity contribution >= 4 is 11.7 Å². The van der Waals surface area contributed by atoms with E-state index < -0.39 is 11.6 Å². The smallest absolute Gasteiger partial charge is 0.257 e. The summed E-state index contributed by atoms with van der Waals surface area (Å²) in [4.78, 5) is 24.8. The molecule has 4 nitrogen and oxygen atoms in total. The molecule has 3 rings (SSSR count). The molecule has 1 aliphatic carbocycles. The largest absolute Gasteiger partial charge is 0.356 e. The minimum atomic E-state index is -0.946. The molecular weight excluding hydrogens is 278 g/mol. The van der Waals surface area contributed by atoms with Gasteiger partial charge in [-0.25, -0.2) is 0 Å². The first-order valence-corrected chi connectivity index (χ1v) is 8.06. The number of ketones is 1. The Balaban J connectivity index is 1.71. The van der Waals surface area contributed by atoms with Crippen molar-refractivity contribution in [1.82, 2.24) is 5.32 Å². The Kier molecular flexibility index (Phi) is 4.04. The van der Waals surface area contributed by atoms with E-state index in [0.717, 1.165) is 48.8 Å². The van der Waals surface area contributed by atoms with Gasteiger partial charge in [-0.15, -0.1) is 0 Å². The number of amides is 1. The summed E-state index contributed by atoms with van der Waals surface area (Å²) in [5, 5.41) is 2.92. The lowest BCUT2D eigenvalue weighted by Gasteiger charge is -2.31. The maximum absolute atomic E-state index is 12.7. The van der Waals surface area contributed by atoms with Gasteiger partial charge in [-0.3, -0.25) is 9.59 Å². The van der Waals surface area contributed by atoms with E-state index in [4.69, 9.17) is 4.74 Å². The first-order chi connectivity index (χ1) is 10.5. The van der Waals surface area contributed by atoms with Crippen molar-refractivity contribution in [3.63, 3.8) is 0 Å². The van der Waals surface area contributed by atoms with Gasteiger partial charge in [0.1, 0.15) is 5.54 Å². The molecule has 1 aromatic rings. The fraction of sp³-hybridized carbons (Fsp3) is 0.556. The molecule has 1 saturated heterocycles. The maximum atomic E-state index is 12.7. The minimum Gasteiger partial charge on any atom is -0.356 e. The highest BCUT2D eigenvalue weighted by atomic mass is 16.5. The summed E-state index contributed by atoms with van der Waals surface area (Å²) >= 11 is 0. The molecule has 1 unspecified atom stereocenters. The average Bonchev–Trinajstić information content (AvgIpc) is 2.72. The number of hydrogen-bond acceptors (Lipinski definition) is 3. The standard InChI is InChI=1S/C18H23NO3/c1-12-6-7-13(2)14(10-12)11-22-15-16(20)18(19-17(15)21)8-4-3-5-9-18/h6-7,10,15H,3-5,8-9,11H2,1-2H3,(H,19,21). The van der Waals surface area contributed by atoms with Gasteiger partial charge in [0.25, 0.3) is 5.91 Å². The molecule has 1 atom stereocenters. The number of ether oxygens (including phenoxy) is 1. The van der Waals surface area contributed by atoms with E-state index >= 15 is 0 Å². The van der Waals surface area contributed by atoms with E-state index in [1.54, 1.807) is 0 Å². The molecule has 1 N–H and O–H groups in total. The Bertz CT molecular complexity index is 602. The van der Waals surface area contributed by atoms with Gasteiger partial charge in [0, 0.05) is 0 Å². The van der Waals surface area contributed by atoms with Gasteiger partial charge in [0.15, 0.2) is 11.9 Å². The molecule has 1 spiro atoms. The third-order valence-corrected chi connectivity index (χ3v) is 4.93. The van der Waals surface area contributed by atoms with Crippen LogP contribution in [0.5, 0.6) is 0 Å². The second kappa shape index (κ2) is 5.84. The summed E-state index contributed by atoms with van der Waals surface area (Å²) < 4.78 is 5.72. The SMILES string of the molecule is Cc1ccc(C)c(COC2C(=O)NC3(CCCCC3)C2=O)c1. The van der Waals surface area contributed by atoms with Crippen LogP contribution in [0.25, 0.3) is 0 Å². The molecule has 0 radical (unpaired) electrons. The van der Waals surface area contributed by atoms with Crippen molar-refractivity contribution < 1.29 is 14.3 Å². The molecule has 0 bridgehead atoms. The van der Waals surface area contributed by atoms with E-state index in [9.17, 15) is 9.59 Å². The topological polar surface area (TPSA) is 55.4 Å². The van der Waals surface area contributed by atoms with Gasteiger partial charge in [-0.2, -0.15) is 0 Å². The van der Waals surface area contributed by atoms with Crippen LogP contribution < -0.4 is 5.32 Å². The molecule has 1 amide bonds. The molecule has 0 aromatic heterocycles. The van der Waals surface area contributed by atoms with Crippen LogP contribution in [-0.4, -0.2) is 23.3 Å². The van der Waals surface area contributed by atoms with Crippen LogP contribution in [0.15, 0.2) is 18.2 Å². The molecular formula is C18H23NO3. The zero-order valence-electron chi connectivity index (χ0n) is 13.3. The third kappa shape index (κ3) is 2.68. The van der Waals surface area contributed by atoms with Crippen LogP contribution in [-0.2, 0) is 20.9 Å². The molecule has 1 saturated carbocycles. The first kappa shape index (κ1) is 15.2. The summed E-state index contributed by atoms with van der Waals surface area (Å²) in [5.41, 5.74) is 2.64. The van der Waals surface area contributed by atoms with Crippen molar-refractivity contribution in [1.29, 1.82) is 0 Å². The Morgan fingerprint density at radius 3 is 2.64 bits per heavy atom. The van der Waals surface area contributed by atoms with Gasteiger partial charge >= 0.3 is 0 Å². The highest BCUT2D eigenvalue weighted by Crippen LogP contribution is 2.34. The summed E-state index contributed by atoms with van der Waals surface area (Å²) in [7, 11) is 0. The van der Waals surface area contributed by atoms with Crippen molar-refractivity contribution in [2.75, 3.05) is 0 Å². The number of nitrogens with one attached hydrogen (secondary N) is 1. The number of aryl methyl sites for hydroxylation is 2. The molecule has 118 valence electrons. The molecule has 1 aromatic carbocycles. The van der Waals surface area contributed by atoms with E-state index in [1.165, 1.54) is 0 Å². The van der Waals surface area contributed by atoms with Crippen LogP contribution in [0.1, 0.15) is 48.8 Å². The second-order valence-electron chi connectivity index (χ2n) is 6.62. The van der Waals surface area contributed by atoms with Crippen molar-refractivity contribution in [3.8, 4) is 0 Å². The predicted octanol–water partition coefficient (Wildman–Crippen LogP) is 2.59. The zero-order chi connectivity index (χ0) is 15.7.